The SMILES string of the molecule is O=Cc1nccn1CCc1cnc[nH]1. The standard InChI is InChI=1S/C9H10N4O/c14-6-9-11-2-4-13(9)3-1-8-5-10-7-12-8/h2,4-7H,1,3H2,(H,10,12). The minimum absolute atomic E-state index is 0.463. The van der Waals surface area contributed by atoms with Crippen LogP contribution in [-0.4, -0.2) is 25.8 Å². The summed E-state index contributed by atoms with van der Waals surface area (Å²) in [5, 5.41) is 0. The van der Waals surface area contributed by atoms with Gasteiger partial charge in [0, 0.05) is 37.3 Å². The number of imidazole rings is 2. The molecule has 0 atom stereocenters. The monoisotopic (exact) mass is 190 g/mol. The molecule has 0 fully saturated rings. The molecule has 0 bridgehead atoms. The molecule has 0 aliphatic carbocycles. The van der Waals surface area contributed by atoms with Gasteiger partial charge in [0.2, 0.25) is 0 Å². The molecule has 14 heavy (non-hydrogen) atoms. The molecule has 1 N–H and O–H groups in total. The van der Waals surface area contributed by atoms with Gasteiger partial charge in [-0.05, 0) is 0 Å². The van der Waals surface area contributed by atoms with Crippen molar-refractivity contribution in [2.24, 2.45) is 0 Å². The summed E-state index contributed by atoms with van der Waals surface area (Å²) in [6, 6.07) is 0. The molecule has 0 amide bonds. The summed E-state index contributed by atoms with van der Waals surface area (Å²) in [6.07, 6.45) is 8.41. The summed E-state index contributed by atoms with van der Waals surface area (Å²) in [5.41, 5.74) is 1.05. The van der Waals surface area contributed by atoms with Gasteiger partial charge in [0.15, 0.2) is 12.1 Å². The van der Waals surface area contributed by atoms with E-state index in [2.05, 4.69) is 15.0 Å². The largest absolute Gasteiger partial charge is 0.348 e. The lowest BCUT2D eigenvalue weighted by Gasteiger charge is -2.01. The number of aromatic amines is 1. The van der Waals surface area contributed by atoms with E-state index in [1.54, 1.807) is 24.9 Å². The first-order valence-corrected chi connectivity index (χ1v) is 4.33. The highest BCUT2D eigenvalue weighted by molar-refractivity contribution is 5.69. The summed E-state index contributed by atoms with van der Waals surface area (Å²) >= 11 is 0. The number of aromatic nitrogens is 4. The molecular weight excluding hydrogens is 180 g/mol. The smallest absolute Gasteiger partial charge is 0.185 e. The summed E-state index contributed by atoms with van der Waals surface area (Å²) < 4.78 is 1.81. The Bertz CT molecular complexity index is 404. The molecule has 2 aromatic heterocycles. The highest BCUT2D eigenvalue weighted by atomic mass is 16.1. The second-order valence-electron chi connectivity index (χ2n) is 2.92. The van der Waals surface area contributed by atoms with E-state index in [0.29, 0.717) is 5.82 Å². The summed E-state index contributed by atoms with van der Waals surface area (Å²) in [7, 11) is 0. The highest BCUT2D eigenvalue weighted by Gasteiger charge is 2.01. The Morgan fingerprint density at radius 3 is 3.21 bits per heavy atom. The van der Waals surface area contributed by atoms with E-state index in [-0.39, 0.29) is 0 Å². The van der Waals surface area contributed by atoms with E-state index in [1.807, 2.05) is 4.57 Å². The van der Waals surface area contributed by atoms with Crippen molar-refractivity contribution in [2.45, 2.75) is 13.0 Å². The Morgan fingerprint density at radius 2 is 2.50 bits per heavy atom. The molecule has 2 heterocycles. The van der Waals surface area contributed by atoms with Crippen LogP contribution >= 0.6 is 0 Å². The third kappa shape index (κ3) is 1.71. The number of nitrogens with one attached hydrogen (secondary N) is 1. The Hall–Kier alpha value is -1.91. The molecule has 0 radical (unpaired) electrons. The first-order valence-electron chi connectivity index (χ1n) is 4.33. The van der Waals surface area contributed by atoms with Crippen LogP contribution in [0.2, 0.25) is 0 Å². The van der Waals surface area contributed by atoms with Crippen LogP contribution in [0, 0.1) is 0 Å². The molecule has 0 saturated heterocycles. The molecule has 0 unspecified atom stereocenters. The number of H-pyrrole nitrogens is 1. The highest BCUT2D eigenvalue weighted by Crippen LogP contribution is 1.99. The predicted octanol–water partition coefficient (Wildman–Crippen LogP) is 0.661. The zero-order valence-electron chi connectivity index (χ0n) is 7.55. The topological polar surface area (TPSA) is 63.6 Å². The molecule has 2 aromatic rings. The summed E-state index contributed by atoms with van der Waals surface area (Å²) in [4.78, 5) is 21.4. The Labute approximate surface area is 80.8 Å². The maximum atomic E-state index is 10.5. The Morgan fingerprint density at radius 1 is 1.57 bits per heavy atom. The van der Waals surface area contributed by atoms with Crippen molar-refractivity contribution < 1.29 is 4.79 Å². The minimum Gasteiger partial charge on any atom is -0.348 e. The molecule has 5 heteroatoms. The number of hydrogen-bond donors (Lipinski definition) is 1. The number of carbonyl (C=O) groups is 1. The quantitative estimate of drug-likeness (QED) is 0.720. The van der Waals surface area contributed by atoms with Gasteiger partial charge < -0.3 is 9.55 Å². The summed E-state index contributed by atoms with van der Waals surface area (Å²) in [5.74, 6) is 0.463. The number of carbonyl (C=O) groups excluding carboxylic acids is 1. The van der Waals surface area contributed by atoms with Crippen LogP contribution in [0.5, 0.6) is 0 Å². The van der Waals surface area contributed by atoms with Crippen LogP contribution in [0.1, 0.15) is 16.3 Å². The van der Waals surface area contributed by atoms with Crippen molar-refractivity contribution in [3.63, 3.8) is 0 Å². The molecule has 0 saturated carbocycles. The van der Waals surface area contributed by atoms with Crippen molar-refractivity contribution in [3.05, 3.63) is 36.4 Å². The van der Waals surface area contributed by atoms with E-state index in [1.165, 1.54) is 0 Å². The number of nitrogens with zero attached hydrogens (tertiary/aromatic N) is 3. The first-order chi connectivity index (χ1) is 6.90. The number of aryl methyl sites for hydroxylation is 2. The number of hydrogen-bond acceptors (Lipinski definition) is 3. The second kappa shape index (κ2) is 3.87. The molecular formula is C9H10N4O. The van der Waals surface area contributed by atoms with E-state index in [0.717, 1.165) is 24.9 Å². The van der Waals surface area contributed by atoms with Crippen LogP contribution in [0.15, 0.2) is 24.9 Å². The van der Waals surface area contributed by atoms with Crippen molar-refractivity contribution in [1.29, 1.82) is 0 Å². The first kappa shape index (κ1) is 8.68. The van der Waals surface area contributed by atoms with Crippen molar-refractivity contribution in [3.8, 4) is 0 Å². The van der Waals surface area contributed by atoms with Crippen LogP contribution in [-0.2, 0) is 13.0 Å². The van der Waals surface area contributed by atoms with Gasteiger partial charge in [-0.1, -0.05) is 0 Å². The van der Waals surface area contributed by atoms with Gasteiger partial charge in [0.1, 0.15) is 0 Å². The molecule has 0 spiro atoms. The van der Waals surface area contributed by atoms with Gasteiger partial charge in [-0.3, -0.25) is 4.79 Å². The van der Waals surface area contributed by atoms with Crippen molar-refractivity contribution in [1.82, 2.24) is 19.5 Å². The van der Waals surface area contributed by atoms with E-state index in [9.17, 15) is 4.79 Å². The third-order valence-corrected chi connectivity index (χ3v) is 2.03. The van der Waals surface area contributed by atoms with Gasteiger partial charge in [0.05, 0.1) is 6.33 Å². The molecule has 0 aromatic carbocycles. The Balaban J connectivity index is 2.01. The minimum atomic E-state index is 0.463. The normalized spacial score (nSPS) is 10.3. The number of aldehydes is 1. The van der Waals surface area contributed by atoms with E-state index in [4.69, 9.17) is 0 Å². The van der Waals surface area contributed by atoms with Gasteiger partial charge in [-0.2, -0.15) is 0 Å². The third-order valence-electron chi connectivity index (χ3n) is 2.03. The molecule has 72 valence electrons. The lowest BCUT2D eigenvalue weighted by atomic mass is 10.3. The van der Waals surface area contributed by atoms with E-state index >= 15 is 0 Å². The van der Waals surface area contributed by atoms with Crippen LogP contribution in [0.4, 0.5) is 0 Å². The predicted molar refractivity (Wildman–Crippen MR) is 49.9 cm³/mol. The molecule has 0 aliphatic heterocycles. The average Bonchev–Trinajstić information content (AvgIpc) is 2.85. The van der Waals surface area contributed by atoms with Gasteiger partial charge in [0.25, 0.3) is 0 Å². The van der Waals surface area contributed by atoms with E-state index < -0.39 is 0 Å². The zero-order chi connectivity index (χ0) is 9.80. The van der Waals surface area contributed by atoms with Crippen LogP contribution in [0.3, 0.4) is 0 Å². The molecule has 5 nitrogen and oxygen atoms in total. The van der Waals surface area contributed by atoms with Gasteiger partial charge in [-0.25, -0.2) is 9.97 Å². The molecule has 0 aliphatic rings. The lowest BCUT2D eigenvalue weighted by Crippen LogP contribution is -2.04. The van der Waals surface area contributed by atoms with Crippen LogP contribution in [0.25, 0.3) is 0 Å². The van der Waals surface area contributed by atoms with Gasteiger partial charge in [-0.15, -0.1) is 0 Å². The fraction of sp³-hybridized carbons (Fsp3) is 0.222. The zero-order valence-corrected chi connectivity index (χ0v) is 7.55. The maximum absolute atomic E-state index is 10.5. The van der Waals surface area contributed by atoms with Crippen LogP contribution < -0.4 is 0 Å². The van der Waals surface area contributed by atoms with Crippen molar-refractivity contribution >= 4 is 6.29 Å². The second-order valence-corrected chi connectivity index (χ2v) is 2.92. The average molecular weight is 190 g/mol. The lowest BCUT2D eigenvalue weighted by molar-refractivity contribution is 0.111. The summed E-state index contributed by atoms with van der Waals surface area (Å²) in [6.45, 7) is 0.732. The fourth-order valence-electron chi connectivity index (χ4n) is 1.29. The Kier molecular flexibility index (Phi) is 2.40. The fourth-order valence-corrected chi connectivity index (χ4v) is 1.29. The number of rotatable bonds is 4. The molecule has 2 rings (SSSR count). The van der Waals surface area contributed by atoms with Gasteiger partial charge >= 0.3 is 0 Å². The maximum Gasteiger partial charge on any atom is 0.185 e. The van der Waals surface area contributed by atoms with Crippen molar-refractivity contribution in [2.75, 3.05) is 0 Å².